The van der Waals surface area contributed by atoms with Crippen LogP contribution in [0.4, 0.5) is 0 Å². The van der Waals surface area contributed by atoms with Crippen LogP contribution in [0.2, 0.25) is 0 Å². The Hall–Kier alpha value is -8.05. The van der Waals surface area contributed by atoms with Gasteiger partial charge in [-0.15, -0.1) is 0 Å². The number of nitrogens with one attached hydrogen (secondary N) is 2. The summed E-state index contributed by atoms with van der Waals surface area (Å²) < 4.78 is 13.1. The van der Waals surface area contributed by atoms with Crippen molar-refractivity contribution in [1.82, 2.24) is 24.9 Å². The number of aromatic nitrogens is 5. The number of hydrogen-bond donors (Lipinski definition) is 4. The van der Waals surface area contributed by atoms with E-state index in [1.165, 1.54) is 51.4 Å². The highest BCUT2D eigenvalue weighted by molar-refractivity contribution is 6.00. The van der Waals surface area contributed by atoms with Crippen LogP contribution in [0.5, 0.6) is 11.5 Å². The summed E-state index contributed by atoms with van der Waals surface area (Å²) in [4.78, 5) is 46.7. The smallest absolute Gasteiger partial charge is 0.335 e. The summed E-state index contributed by atoms with van der Waals surface area (Å²) in [7, 11) is 0. The second-order valence-corrected chi connectivity index (χ2v) is 18.4. The highest BCUT2D eigenvalue weighted by Gasteiger charge is 2.21. The van der Waals surface area contributed by atoms with Crippen LogP contribution >= 0.6 is 0 Å². The third-order valence-corrected chi connectivity index (χ3v) is 13.3. The molecule has 0 amide bonds. The van der Waals surface area contributed by atoms with Crippen molar-refractivity contribution in [3.63, 3.8) is 0 Å². The number of rotatable bonds is 22. The van der Waals surface area contributed by atoms with Crippen molar-refractivity contribution in [2.45, 2.75) is 90.9 Å². The second-order valence-electron chi connectivity index (χ2n) is 18.4. The molecular formula is C61H61N5O6. The van der Waals surface area contributed by atoms with Gasteiger partial charge >= 0.3 is 11.9 Å². The molecule has 2 aliphatic rings. The van der Waals surface area contributed by atoms with Crippen LogP contribution in [0.15, 0.2) is 116 Å². The van der Waals surface area contributed by atoms with Crippen molar-refractivity contribution in [3.05, 3.63) is 149 Å². The van der Waals surface area contributed by atoms with Gasteiger partial charge in [0.05, 0.1) is 47.1 Å². The van der Waals surface area contributed by atoms with Gasteiger partial charge in [-0.05, 0) is 132 Å². The lowest BCUT2D eigenvalue weighted by Gasteiger charge is -2.14. The molecule has 0 unspecified atom stereocenters. The minimum Gasteiger partial charge on any atom is -0.493 e. The lowest BCUT2D eigenvalue weighted by molar-refractivity contribution is 0.0686. The van der Waals surface area contributed by atoms with Crippen LogP contribution in [-0.2, 0) is 0 Å². The monoisotopic (exact) mass is 959 g/mol. The van der Waals surface area contributed by atoms with Crippen molar-refractivity contribution >= 4 is 58.3 Å². The van der Waals surface area contributed by atoms with E-state index in [-0.39, 0.29) is 11.1 Å². The molecule has 4 N–H and O–H groups in total. The predicted molar refractivity (Wildman–Crippen MR) is 290 cm³/mol. The fraction of sp³-hybridized carbons (Fsp3) is 0.262. The number of H-pyrrole nitrogens is 2. The van der Waals surface area contributed by atoms with Crippen LogP contribution in [0.25, 0.3) is 90.9 Å². The van der Waals surface area contributed by atoms with Gasteiger partial charge in [0, 0.05) is 62.8 Å². The maximum atomic E-state index is 12.0. The number of aromatic carboxylic acids is 2. The topological polar surface area (TPSA) is 163 Å². The molecule has 8 bridgehead atoms. The number of carboxylic acids is 2. The molecule has 0 atom stereocenters. The molecule has 0 radical (unpaired) electrons. The Labute approximate surface area is 420 Å². The quantitative estimate of drug-likeness (QED) is 0.0484. The van der Waals surface area contributed by atoms with Gasteiger partial charge < -0.3 is 29.7 Å². The normalized spacial score (nSPS) is 11.8. The summed E-state index contributed by atoms with van der Waals surface area (Å²) in [6.07, 6.45) is 25.3. The highest BCUT2D eigenvalue weighted by Crippen LogP contribution is 2.40. The predicted octanol–water partition coefficient (Wildman–Crippen LogP) is 15.6. The Morgan fingerprint density at radius 1 is 0.431 bits per heavy atom. The zero-order chi connectivity index (χ0) is 49.8. The zero-order valence-corrected chi connectivity index (χ0v) is 41.0. The molecule has 0 saturated carbocycles. The first-order valence-electron chi connectivity index (χ1n) is 25.4. The summed E-state index contributed by atoms with van der Waals surface area (Å²) in [5.74, 6) is -0.589. The van der Waals surface area contributed by atoms with Crippen molar-refractivity contribution < 1.29 is 29.3 Å². The van der Waals surface area contributed by atoms with Crippen LogP contribution in [-0.4, -0.2) is 60.3 Å². The molecule has 0 aliphatic carbocycles. The van der Waals surface area contributed by atoms with E-state index in [2.05, 4.69) is 40.9 Å². The fourth-order valence-electron chi connectivity index (χ4n) is 9.53. The van der Waals surface area contributed by atoms with Gasteiger partial charge in [0.15, 0.2) is 0 Å². The number of fused-ring (bicyclic) bond motifs is 8. The van der Waals surface area contributed by atoms with Gasteiger partial charge in [0.1, 0.15) is 11.5 Å². The third kappa shape index (κ3) is 11.4. The minimum atomic E-state index is -1.01. The van der Waals surface area contributed by atoms with E-state index in [9.17, 15) is 19.8 Å². The summed E-state index contributed by atoms with van der Waals surface area (Å²) in [6, 6.07) is 31.9. The number of pyridine rings is 1. The Bertz CT molecular complexity index is 3190. The standard InChI is InChI=1S/C61H61N5O6/c1-3-5-7-9-11-13-35-71-46-37-45(38-47(39-46)72-36-14-12-10-8-6-4-2)59-54-29-27-50(65-54)56(40-15-19-43(20-16-40)60(67)68)48-23-25-52(63-48)58(42-31-33-62-34-32-42)53-26-24-49(64-53)57(51-28-30-55(59)66-51)41-17-21-44(22-18-41)61(69)70/h15-34,37-39,63,66H,3-14,35-36H2,1-2H3,(H,67,68)(H,69,70). The largest absolute Gasteiger partial charge is 0.493 e. The van der Waals surface area contributed by atoms with Gasteiger partial charge in [-0.1, -0.05) is 102 Å². The molecule has 11 heteroatoms. The van der Waals surface area contributed by atoms with Crippen molar-refractivity contribution in [2.75, 3.05) is 13.2 Å². The third-order valence-electron chi connectivity index (χ3n) is 13.3. The maximum Gasteiger partial charge on any atom is 0.335 e. The molecule has 11 nitrogen and oxygen atoms in total. The average Bonchev–Trinajstić information content (AvgIpc) is 4.25. The highest BCUT2D eigenvalue weighted by atomic mass is 16.5. The van der Waals surface area contributed by atoms with E-state index in [1.54, 1.807) is 36.7 Å². The van der Waals surface area contributed by atoms with Crippen LogP contribution in [0.1, 0.15) is 134 Å². The zero-order valence-electron chi connectivity index (χ0n) is 41.0. The summed E-state index contributed by atoms with van der Waals surface area (Å²) in [5, 5.41) is 19.7. The molecule has 72 heavy (non-hydrogen) atoms. The van der Waals surface area contributed by atoms with Crippen LogP contribution < -0.4 is 9.47 Å². The molecule has 2 aliphatic heterocycles. The number of ether oxygens (including phenoxy) is 2. The Morgan fingerprint density at radius 2 is 0.778 bits per heavy atom. The number of nitrogens with zero attached hydrogens (tertiary/aromatic N) is 3. The van der Waals surface area contributed by atoms with E-state index >= 15 is 0 Å². The summed E-state index contributed by atoms with van der Waals surface area (Å²) in [5.41, 5.74) is 12.8. The van der Waals surface area contributed by atoms with Gasteiger partial charge in [-0.3, -0.25) is 4.98 Å². The molecule has 366 valence electrons. The molecule has 9 rings (SSSR count). The molecular weight excluding hydrogens is 899 g/mol. The molecule has 0 spiro atoms. The van der Waals surface area contributed by atoms with E-state index in [0.717, 1.165) is 92.3 Å². The molecule has 0 saturated heterocycles. The first-order chi connectivity index (χ1) is 35.3. The molecule has 4 aromatic heterocycles. The van der Waals surface area contributed by atoms with Gasteiger partial charge in [-0.25, -0.2) is 19.6 Å². The summed E-state index contributed by atoms with van der Waals surface area (Å²) in [6.45, 7) is 5.62. The number of unbranched alkanes of at least 4 members (excludes halogenated alkanes) is 10. The molecule has 3 aromatic carbocycles. The Kier molecular flexibility index (Phi) is 15.8. The maximum absolute atomic E-state index is 12.0. The van der Waals surface area contributed by atoms with Crippen LogP contribution in [0.3, 0.4) is 0 Å². The SMILES string of the molecule is CCCCCCCCOc1cc(OCCCCCCCC)cc(-c2c3nc(c(-c4ccc(C(=O)O)cc4)c4ccc([nH]4)c(-c4ccncc4)c4nc(c(-c5ccc(C(=O)O)cc5)c5ccc2[nH]5)C=C4)C=C3)c1. The van der Waals surface area contributed by atoms with E-state index in [0.29, 0.717) is 47.5 Å². The lowest BCUT2D eigenvalue weighted by Crippen LogP contribution is -2.01. The Morgan fingerprint density at radius 3 is 1.15 bits per heavy atom. The van der Waals surface area contributed by atoms with Crippen LogP contribution in [0, 0.1) is 0 Å². The fourth-order valence-corrected chi connectivity index (χ4v) is 9.53. The van der Waals surface area contributed by atoms with E-state index in [1.807, 2.05) is 91.0 Å². The van der Waals surface area contributed by atoms with Gasteiger partial charge in [-0.2, -0.15) is 0 Å². The van der Waals surface area contributed by atoms with Gasteiger partial charge in [0.2, 0.25) is 0 Å². The number of aromatic amines is 2. The van der Waals surface area contributed by atoms with E-state index < -0.39 is 11.9 Å². The minimum absolute atomic E-state index is 0.183. The number of carbonyl (C=O) groups is 2. The van der Waals surface area contributed by atoms with Crippen molar-refractivity contribution in [2.24, 2.45) is 0 Å². The number of hydrogen-bond acceptors (Lipinski definition) is 7. The van der Waals surface area contributed by atoms with Crippen molar-refractivity contribution in [1.29, 1.82) is 0 Å². The number of carboxylic acid groups (broad SMARTS) is 2. The van der Waals surface area contributed by atoms with Crippen molar-refractivity contribution in [3.8, 4) is 56.0 Å². The second kappa shape index (κ2) is 23.2. The Balaban J connectivity index is 1.30. The molecule has 6 heterocycles. The summed E-state index contributed by atoms with van der Waals surface area (Å²) >= 11 is 0. The first kappa shape index (κ1) is 49.0. The number of benzene rings is 3. The van der Waals surface area contributed by atoms with E-state index in [4.69, 9.17) is 19.4 Å². The lowest BCUT2D eigenvalue weighted by atomic mass is 10.0. The molecule has 7 aromatic rings. The first-order valence-corrected chi connectivity index (χ1v) is 25.4. The molecule has 0 fully saturated rings. The van der Waals surface area contributed by atoms with Gasteiger partial charge in [0.25, 0.3) is 0 Å². The average molecular weight is 960 g/mol.